The summed E-state index contributed by atoms with van der Waals surface area (Å²) in [5.41, 5.74) is -0.199. The van der Waals surface area contributed by atoms with Crippen LogP contribution >= 0.6 is 0 Å². The van der Waals surface area contributed by atoms with E-state index in [9.17, 15) is 13.6 Å². The van der Waals surface area contributed by atoms with E-state index in [2.05, 4.69) is 5.32 Å². The summed E-state index contributed by atoms with van der Waals surface area (Å²) in [7, 11) is 0. The van der Waals surface area contributed by atoms with Gasteiger partial charge in [0.1, 0.15) is 17.4 Å². The van der Waals surface area contributed by atoms with Crippen LogP contribution in [0.4, 0.5) is 8.78 Å². The van der Waals surface area contributed by atoms with Crippen molar-refractivity contribution >= 4 is 5.91 Å². The van der Waals surface area contributed by atoms with Gasteiger partial charge in [-0.25, -0.2) is 8.78 Å². The first kappa shape index (κ1) is 12.3. The zero-order chi connectivity index (χ0) is 13.1. The van der Waals surface area contributed by atoms with Crippen LogP contribution in [0, 0.1) is 11.6 Å². The highest BCUT2D eigenvalue weighted by Crippen LogP contribution is 2.15. The molecule has 0 saturated heterocycles. The van der Waals surface area contributed by atoms with E-state index in [1.54, 1.807) is 19.1 Å². The maximum absolute atomic E-state index is 13.4. The number of furan rings is 1. The third-order valence-corrected chi connectivity index (χ3v) is 2.49. The van der Waals surface area contributed by atoms with E-state index in [0.29, 0.717) is 11.8 Å². The number of nitrogens with one attached hydrogen (secondary N) is 1. The summed E-state index contributed by atoms with van der Waals surface area (Å²) in [5.74, 6) is -1.66. The molecule has 5 heteroatoms. The lowest BCUT2D eigenvalue weighted by Gasteiger charge is -2.11. The summed E-state index contributed by atoms with van der Waals surface area (Å²) in [6.07, 6.45) is 1.48. The molecular weight excluding hydrogens is 240 g/mol. The number of amides is 1. The molecule has 0 radical (unpaired) electrons. The van der Waals surface area contributed by atoms with E-state index >= 15 is 0 Å². The second-order valence-corrected chi connectivity index (χ2v) is 3.83. The number of hydrogen-bond acceptors (Lipinski definition) is 2. The lowest BCUT2D eigenvalue weighted by molar-refractivity contribution is 0.0931. The first-order valence-corrected chi connectivity index (χ1v) is 5.37. The van der Waals surface area contributed by atoms with Gasteiger partial charge in [0.25, 0.3) is 5.91 Å². The summed E-state index contributed by atoms with van der Waals surface area (Å²) in [4.78, 5) is 11.8. The Kier molecular flexibility index (Phi) is 3.41. The lowest BCUT2D eigenvalue weighted by Crippen LogP contribution is -2.27. The quantitative estimate of drug-likeness (QED) is 0.911. The molecule has 0 fully saturated rings. The molecule has 1 amide bonds. The van der Waals surface area contributed by atoms with Crippen LogP contribution in [0.25, 0.3) is 0 Å². The zero-order valence-electron chi connectivity index (χ0n) is 9.61. The summed E-state index contributed by atoms with van der Waals surface area (Å²) in [5, 5.41) is 2.56. The first-order chi connectivity index (χ1) is 8.58. The number of halogens is 2. The van der Waals surface area contributed by atoms with E-state index in [1.165, 1.54) is 6.26 Å². The fourth-order valence-electron chi connectivity index (χ4n) is 1.56. The highest BCUT2D eigenvalue weighted by Gasteiger charge is 2.16. The van der Waals surface area contributed by atoms with Crippen molar-refractivity contribution in [2.75, 3.05) is 0 Å². The summed E-state index contributed by atoms with van der Waals surface area (Å²) < 4.78 is 31.2. The molecule has 1 heterocycles. The van der Waals surface area contributed by atoms with Gasteiger partial charge in [-0.2, -0.15) is 0 Å². The molecule has 0 saturated carbocycles. The van der Waals surface area contributed by atoms with E-state index in [4.69, 9.17) is 4.42 Å². The average molecular weight is 251 g/mol. The van der Waals surface area contributed by atoms with Crippen molar-refractivity contribution in [3.63, 3.8) is 0 Å². The van der Waals surface area contributed by atoms with Crippen molar-refractivity contribution < 1.29 is 18.0 Å². The van der Waals surface area contributed by atoms with Crippen LogP contribution < -0.4 is 5.32 Å². The molecule has 0 unspecified atom stereocenters. The molecule has 1 N–H and O–H groups in total. The van der Waals surface area contributed by atoms with Crippen LogP contribution in [0.3, 0.4) is 0 Å². The van der Waals surface area contributed by atoms with Crippen molar-refractivity contribution in [1.29, 1.82) is 0 Å². The molecule has 3 nitrogen and oxygen atoms in total. The van der Waals surface area contributed by atoms with E-state index < -0.39 is 23.6 Å². The largest absolute Gasteiger partial charge is 0.467 e. The molecular formula is C13H11F2NO2. The number of carbonyl (C=O) groups is 1. The summed E-state index contributed by atoms with van der Waals surface area (Å²) in [6.45, 7) is 1.71. The average Bonchev–Trinajstić information content (AvgIpc) is 2.81. The van der Waals surface area contributed by atoms with Gasteiger partial charge >= 0.3 is 0 Å². The number of rotatable bonds is 3. The third kappa shape index (κ3) is 2.56. The van der Waals surface area contributed by atoms with Crippen molar-refractivity contribution in [3.05, 3.63) is 59.6 Å². The van der Waals surface area contributed by atoms with E-state index in [-0.39, 0.29) is 5.56 Å². The van der Waals surface area contributed by atoms with Crippen molar-refractivity contribution in [2.24, 2.45) is 0 Å². The molecule has 1 aromatic carbocycles. The standard InChI is InChI=1S/C13H11F2NO2/c1-8(12-3-2-6-18-12)16-13(17)10-5-4-9(14)7-11(10)15/h2-8H,1H3,(H,16,17)/t8-/m1/s1. The van der Waals surface area contributed by atoms with Crippen LogP contribution in [0.5, 0.6) is 0 Å². The van der Waals surface area contributed by atoms with Crippen LogP contribution in [0.2, 0.25) is 0 Å². The van der Waals surface area contributed by atoms with Crippen LogP contribution in [0.15, 0.2) is 41.0 Å². The Labute approximate surface area is 102 Å². The minimum atomic E-state index is -0.890. The number of benzene rings is 1. The SMILES string of the molecule is C[C@@H](NC(=O)c1ccc(F)cc1F)c1ccco1. The van der Waals surface area contributed by atoms with Crippen LogP contribution in [0.1, 0.15) is 29.1 Å². The highest BCUT2D eigenvalue weighted by atomic mass is 19.1. The molecule has 0 aliphatic rings. The molecule has 0 spiro atoms. The lowest BCUT2D eigenvalue weighted by atomic mass is 10.1. The summed E-state index contributed by atoms with van der Waals surface area (Å²) in [6, 6.07) is 5.82. The molecule has 1 atom stereocenters. The van der Waals surface area contributed by atoms with Gasteiger partial charge in [0.15, 0.2) is 0 Å². The predicted octanol–water partition coefficient (Wildman–Crippen LogP) is 3.05. The monoisotopic (exact) mass is 251 g/mol. The van der Waals surface area contributed by atoms with Crippen LogP contribution in [-0.4, -0.2) is 5.91 Å². The Morgan fingerprint density at radius 1 is 1.33 bits per heavy atom. The molecule has 2 rings (SSSR count). The maximum Gasteiger partial charge on any atom is 0.254 e. The Balaban J connectivity index is 2.12. The molecule has 18 heavy (non-hydrogen) atoms. The van der Waals surface area contributed by atoms with Gasteiger partial charge < -0.3 is 9.73 Å². The van der Waals surface area contributed by atoms with Gasteiger partial charge in [-0.15, -0.1) is 0 Å². The fourth-order valence-corrected chi connectivity index (χ4v) is 1.56. The van der Waals surface area contributed by atoms with Gasteiger partial charge in [0, 0.05) is 6.07 Å². The van der Waals surface area contributed by atoms with Crippen molar-refractivity contribution in [3.8, 4) is 0 Å². The summed E-state index contributed by atoms with van der Waals surface area (Å²) >= 11 is 0. The zero-order valence-corrected chi connectivity index (χ0v) is 9.61. The van der Waals surface area contributed by atoms with Crippen molar-refractivity contribution in [2.45, 2.75) is 13.0 Å². The molecule has 2 aromatic rings. The Morgan fingerprint density at radius 3 is 2.72 bits per heavy atom. The van der Waals surface area contributed by atoms with Gasteiger partial charge in [0.05, 0.1) is 17.9 Å². The van der Waals surface area contributed by atoms with Gasteiger partial charge in [0.2, 0.25) is 0 Å². The third-order valence-electron chi connectivity index (χ3n) is 2.49. The maximum atomic E-state index is 13.4. The van der Waals surface area contributed by atoms with E-state index in [0.717, 1.165) is 12.1 Å². The first-order valence-electron chi connectivity index (χ1n) is 5.37. The molecule has 1 aromatic heterocycles. The van der Waals surface area contributed by atoms with Gasteiger partial charge in [-0.3, -0.25) is 4.79 Å². The normalized spacial score (nSPS) is 12.2. The molecule has 94 valence electrons. The Hall–Kier alpha value is -2.17. The van der Waals surface area contributed by atoms with Gasteiger partial charge in [-0.1, -0.05) is 0 Å². The van der Waals surface area contributed by atoms with Gasteiger partial charge in [-0.05, 0) is 31.2 Å². The minimum Gasteiger partial charge on any atom is -0.467 e. The second kappa shape index (κ2) is 5.00. The minimum absolute atomic E-state index is 0.199. The van der Waals surface area contributed by atoms with Crippen molar-refractivity contribution in [1.82, 2.24) is 5.32 Å². The molecule has 0 bridgehead atoms. The molecule has 0 aliphatic carbocycles. The number of carbonyl (C=O) groups excluding carboxylic acids is 1. The van der Waals surface area contributed by atoms with E-state index in [1.807, 2.05) is 0 Å². The number of hydrogen-bond donors (Lipinski definition) is 1. The molecule has 0 aliphatic heterocycles. The smallest absolute Gasteiger partial charge is 0.254 e. The topological polar surface area (TPSA) is 42.2 Å². The second-order valence-electron chi connectivity index (χ2n) is 3.83. The Morgan fingerprint density at radius 2 is 2.11 bits per heavy atom. The van der Waals surface area contributed by atoms with Crippen LogP contribution in [-0.2, 0) is 0 Å². The predicted molar refractivity (Wildman–Crippen MR) is 60.9 cm³/mol. The fraction of sp³-hybridized carbons (Fsp3) is 0.154. The Bertz CT molecular complexity index is 552. The highest BCUT2D eigenvalue weighted by molar-refractivity contribution is 5.94.